The fraction of sp³-hybridized carbons (Fsp3) is 0.538. The average Bonchev–Trinajstić information content (AvgIpc) is 2.30. The summed E-state index contributed by atoms with van der Waals surface area (Å²) in [5, 5.41) is 0. The minimum Gasteiger partial charge on any atom is -0.398 e. The third-order valence-electron chi connectivity index (χ3n) is 3.53. The van der Waals surface area contributed by atoms with Crippen molar-refractivity contribution in [3.05, 3.63) is 29.8 Å². The van der Waals surface area contributed by atoms with Gasteiger partial charge in [0.25, 0.3) is 0 Å². The summed E-state index contributed by atoms with van der Waals surface area (Å²) in [6, 6.07) is 8.61. The van der Waals surface area contributed by atoms with E-state index in [4.69, 9.17) is 5.73 Å². The molecule has 16 heavy (non-hydrogen) atoms. The number of hydrogen-bond donors (Lipinski definition) is 1. The quantitative estimate of drug-likeness (QED) is 0.766. The van der Waals surface area contributed by atoms with E-state index in [-0.39, 0.29) is 0 Å². The number of nitrogens with zero attached hydrogens (tertiary/aromatic N) is 2. The minimum absolute atomic E-state index is 0.426. The van der Waals surface area contributed by atoms with E-state index in [2.05, 4.69) is 35.9 Å². The predicted octanol–water partition coefficient (Wildman–Crippen LogP) is 1.58. The van der Waals surface area contributed by atoms with Crippen molar-refractivity contribution in [2.45, 2.75) is 13.0 Å². The van der Waals surface area contributed by atoms with Gasteiger partial charge in [0.15, 0.2) is 0 Å². The number of nitrogen functional groups attached to an aromatic ring is 1. The number of para-hydroxylation sites is 1. The molecule has 0 saturated carbocycles. The van der Waals surface area contributed by atoms with E-state index in [0.717, 1.165) is 31.9 Å². The molecule has 1 fully saturated rings. The molecule has 1 unspecified atom stereocenters. The topological polar surface area (TPSA) is 32.5 Å². The van der Waals surface area contributed by atoms with Gasteiger partial charge >= 0.3 is 0 Å². The molecule has 0 bridgehead atoms. The van der Waals surface area contributed by atoms with E-state index in [1.54, 1.807) is 0 Å². The zero-order valence-corrected chi connectivity index (χ0v) is 10.2. The van der Waals surface area contributed by atoms with Gasteiger partial charge < -0.3 is 10.6 Å². The van der Waals surface area contributed by atoms with E-state index in [1.807, 2.05) is 12.1 Å². The zero-order valence-electron chi connectivity index (χ0n) is 10.2. The summed E-state index contributed by atoms with van der Waals surface area (Å²) >= 11 is 0. The Kier molecular flexibility index (Phi) is 3.46. The molecule has 1 aromatic carbocycles. The van der Waals surface area contributed by atoms with Gasteiger partial charge in [-0.2, -0.15) is 0 Å². The summed E-state index contributed by atoms with van der Waals surface area (Å²) in [7, 11) is 2.18. The molecular weight excluding hydrogens is 198 g/mol. The molecule has 3 heteroatoms. The SMILES string of the molecule is CC(c1ccccc1N)N1CCN(C)CC1. The number of likely N-dealkylation sites (N-methyl/N-ethyl adjacent to an activating group) is 1. The fourth-order valence-corrected chi connectivity index (χ4v) is 2.30. The van der Waals surface area contributed by atoms with Gasteiger partial charge in [-0.25, -0.2) is 0 Å². The van der Waals surface area contributed by atoms with E-state index < -0.39 is 0 Å². The van der Waals surface area contributed by atoms with Crippen LogP contribution in [0.3, 0.4) is 0 Å². The van der Waals surface area contributed by atoms with Crippen LogP contribution in [0.25, 0.3) is 0 Å². The molecule has 1 aromatic rings. The molecule has 0 spiro atoms. The van der Waals surface area contributed by atoms with Gasteiger partial charge in [0.2, 0.25) is 0 Å². The lowest BCUT2D eigenvalue weighted by molar-refractivity contribution is 0.119. The molecule has 1 atom stereocenters. The molecule has 2 N–H and O–H groups in total. The molecule has 1 aliphatic heterocycles. The van der Waals surface area contributed by atoms with Crippen LogP contribution < -0.4 is 5.73 Å². The van der Waals surface area contributed by atoms with Crippen LogP contribution in [0, 0.1) is 0 Å². The Morgan fingerprint density at radius 1 is 1.12 bits per heavy atom. The molecule has 2 rings (SSSR count). The van der Waals surface area contributed by atoms with Crippen LogP contribution in [0.1, 0.15) is 18.5 Å². The van der Waals surface area contributed by atoms with Crippen LogP contribution in [0.2, 0.25) is 0 Å². The molecule has 88 valence electrons. The highest BCUT2D eigenvalue weighted by Gasteiger charge is 2.21. The standard InChI is InChI=1S/C13H21N3/c1-11(12-5-3-4-6-13(12)14)16-9-7-15(2)8-10-16/h3-6,11H,7-10,14H2,1-2H3. The van der Waals surface area contributed by atoms with Gasteiger partial charge in [0.05, 0.1) is 0 Å². The number of piperazine rings is 1. The summed E-state index contributed by atoms with van der Waals surface area (Å²) in [6.07, 6.45) is 0. The van der Waals surface area contributed by atoms with Gasteiger partial charge in [0.1, 0.15) is 0 Å². The smallest absolute Gasteiger partial charge is 0.0362 e. The first kappa shape index (κ1) is 11.4. The van der Waals surface area contributed by atoms with Crippen LogP contribution in [0.5, 0.6) is 0 Å². The first-order valence-corrected chi connectivity index (χ1v) is 5.95. The minimum atomic E-state index is 0.426. The van der Waals surface area contributed by atoms with Gasteiger partial charge in [0, 0.05) is 37.9 Å². The number of nitrogens with two attached hydrogens (primary N) is 1. The first-order chi connectivity index (χ1) is 7.68. The predicted molar refractivity (Wildman–Crippen MR) is 68.3 cm³/mol. The number of hydrogen-bond acceptors (Lipinski definition) is 3. The van der Waals surface area contributed by atoms with Crippen molar-refractivity contribution in [1.82, 2.24) is 9.80 Å². The molecule has 0 aromatic heterocycles. The third kappa shape index (κ3) is 2.36. The van der Waals surface area contributed by atoms with Crippen molar-refractivity contribution in [2.75, 3.05) is 39.0 Å². The lowest BCUT2D eigenvalue weighted by atomic mass is 10.0. The summed E-state index contributed by atoms with van der Waals surface area (Å²) in [5.41, 5.74) is 8.19. The van der Waals surface area contributed by atoms with E-state index in [9.17, 15) is 0 Å². The molecule has 1 heterocycles. The summed E-state index contributed by atoms with van der Waals surface area (Å²) in [4.78, 5) is 4.88. The van der Waals surface area contributed by atoms with Crippen molar-refractivity contribution in [3.8, 4) is 0 Å². The number of benzene rings is 1. The third-order valence-corrected chi connectivity index (χ3v) is 3.53. The average molecular weight is 219 g/mol. The van der Waals surface area contributed by atoms with Crippen LogP contribution in [-0.4, -0.2) is 43.0 Å². The molecule has 0 amide bonds. The molecule has 1 saturated heterocycles. The number of rotatable bonds is 2. The lowest BCUT2D eigenvalue weighted by Crippen LogP contribution is -2.45. The fourth-order valence-electron chi connectivity index (χ4n) is 2.30. The maximum Gasteiger partial charge on any atom is 0.0362 e. The van der Waals surface area contributed by atoms with Crippen LogP contribution in [0.15, 0.2) is 24.3 Å². The normalized spacial score (nSPS) is 20.9. The van der Waals surface area contributed by atoms with Crippen LogP contribution >= 0.6 is 0 Å². The van der Waals surface area contributed by atoms with Crippen molar-refractivity contribution in [2.24, 2.45) is 0 Å². The van der Waals surface area contributed by atoms with Crippen LogP contribution in [0.4, 0.5) is 5.69 Å². The Labute approximate surface area is 97.8 Å². The molecule has 0 radical (unpaired) electrons. The van der Waals surface area contributed by atoms with E-state index in [1.165, 1.54) is 5.56 Å². The van der Waals surface area contributed by atoms with Gasteiger partial charge in [-0.05, 0) is 25.6 Å². The van der Waals surface area contributed by atoms with Gasteiger partial charge in [-0.15, -0.1) is 0 Å². The largest absolute Gasteiger partial charge is 0.398 e. The molecule has 1 aliphatic rings. The second-order valence-corrected chi connectivity index (χ2v) is 4.64. The van der Waals surface area contributed by atoms with Gasteiger partial charge in [-0.3, -0.25) is 4.90 Å². The monoisotopic (exact) mass is 219 g/mol. The highest BCUT2D eigenvalue weighted by atomic mass is 15.3. The van der Waals surface area contributed by atoms with Crippen molar-refractivity contribution in [3.63, 3.8) is 0 Å². The lowest BCUT2D eigenvalue weighted by Gasteiger charge is -2.36. The number of anilines is 1. The van der Waals surface area contributed by atoms with E-state index in [0.29, 0.717) is 6.04 Å². The Balaban J connectivity index is 2.07. The molecular formula is C13H21N3. The second-order valence-electron chi connectivity index (χ2n) is 4.64. The van der Waals surface area contributed by atoms with Crippen molar-refractivity contribution < 1.29 is 0 Å². The second kappa shape index (κ2) is 4.85. The Hall–Kier alpha value is -1.06. The maximum absolute atomic E-state index is 6.02. The Morgan fingerprint density at radius 2 is 1.75 bits per heavy atom. The molecule has 0 aliphatic carbocycles. The summed E-state index contributed by atoms with van der Waals surface area (Å²) < 4.78 is 0. The Morgan fingerprint density at radius 3 is 2.38 bits per heavy atom. The zero-order chi connectivity index (χ0) is 11.5. The summed E-state index contributed by atoms with van der Waals surface area (Å²) in [5.74, 6) is 0. The summed E-state index contributed by atoms with van der Waals surface area (Å²) in [6.45, 7) is 6.81. The maximum atomic E-state index is 6.02. The first-order valence-electron chi connectivity index (χ1n) is 5.95. The Bertz CT molecular complexity index is 343. The highest BCUT2D eigenvalue weighted by molar-refractivity contribution is 5.47. The van der Waals surface area contributed by atoms with E-state index >= 15 is 0 Å². The van der Waals surface area contributed by atoms with Crippen molar-refractivity contribution in [1.29, 1.82) is 0 Å². The highest BCUT2D eigenvalue weighted by Crippen LogP contribution is 2.25. The van der Waals surface area contributed by atoms with Crippen LogP contribution in [-0.2, 0) is 0 Å². The molecule has 3 nitrogen and oxygen atoms in total. The van der Waals surface area contributed by atoms with Crippen molar-refractivity contribution >= 4 is 5.69 Å². The van der Waals surface area contributed by atoms with Gasteiger partial charge in [-0.1, -0.05) is 18.2 Å².